The van der Waals surface area contributed by atoms with Crippen LogP contribution < -0.4 is 10.1 Å². The molecule has 5 nitrogen and oxygen atoms in total. The second-order valence-corrected chi connectivity index (χ2v) is 6.12. The normalized spacial score (nSPS) is 11.9. The van der Waals surface area contributed by atoms with Crippen LogP contribution >= 0.6 is 0 Å². The lowest BCUT2D eigenvalue weighted by Gasteiger charge is -2.15. The van der Waals surface area contributed by atoms with E-state index in [-0.39, 0.29) is 12.4 Å². The van der Waals surface area contributed by atoms with Gasteiger partial charge in [-0.05, 0) is 48.2 Å². The van der Waals surface area contributed by atoms with E-state index in [1.54, 1.807) is 12.1 Å². The van der Waals surface area contributed by atoms with Crippen molar-refractivity contribution in [1.82, 2.24) is 5.32 Å². The standard InChI is InChI=1S/C20H24FNO4/c1-13-8-15(9-14(2)20(13)26-12-19(24)25-3)10-22-11-18(23)16-4-6-17(21)7-5-16/h4-9,18,22-23H,10-12H2,1-3H3. The zero-order valence-electron chi connectivity index (χ0n) is 15.2. The molecule has 0 aliphatic heterocycles. The van der Waals surface area contributed by atoms with Crippen molar-refractivity contribution in [2.75, 3.05) is 20.3 Å². The highest BCUT2D eigenvalue weighted by Gasteiger charge is 2.11. The smallest absolute Gasteiger partial charge is 0.343 e. The number of hydrogen-bond acceptors (Lipinski definition) is 5. The van der Waals surface area contributed by atoms with E-state index in [0.717, 1.165) is 16.7 Å². The number of methoxy groups -OCH3 is 1. The largest absolute Gasteiger partial charge is 0.481 e. The van der Waals surface area contributed by atoms with E-state index < -0.39 is 12.1 Å². The first kappa shape index (κ1) is 19.9. The van der Waals surface area contributed by atoms with Crippen LogP contribution in [-0.2, 0) is 16.1 Å². The minimum atomic E-state index is -0.708. The van der Waals surface area contributed by atoms with Crippen molar-refractivity contribution in [2.24, 2.45) is 0 Å². The van der Waals surface area contributed by atoms with Crippen LogP contribution in [0.5, 0.6) is 5.75 Å². The Labute approximate surface area is 152 Å². The summed E-state index contributed by atoms with van der Waals surface area (Å²) in [7, 11) is 1.32. The van der Waals surface area contributed by atoms with Crippen LogP contribution in [0.15, 0.2) is 36.4 Å². The Hall–Kier alpha value is -2.44. The van der Waals surface area contributed by atoms with Crippen LogP contribution in [0.25, 0.3) is 0 Å². The van der Waals surface area contributed by atoms with Gasteiger partial charge in [0.2, 0.25) is 0 Å². The minimum Gasteiger partial charge on any atom is -0.481 e. The quantitative estimate of drug-likeness (QED) is 0.708. The first-order chi connectivity index (χ1) is 12.4. The maximum absolute atomic E-state index is 12.9. The van der Waals surface area contributed by atoms with Crippen molar-refractivity contribution in [3.05, 3.63) is 64.5 Å². The maximum atomic E-state index is 12.9. The van der Waals surface area contributed by atoms with Crippen molar-refractivity contribution >= 4 is 5.97 Å². The van der Waals surface area contributed by atoms with Crippen LogP contribution in [0.2, 0.25) is 0 Å². The number of carbonyl (C=O) groups is 1. The molecule has 2 aromatic rings. The van der Waals surface area contributed by atoms with Crippen LogP contribution in [0, 0.1) is 19.7 Å². The molecule has 0 radical (unpaired) electrons. The Kier molecular flexibility index (Phi) is 7.12. The van der Waals surface area contributed by atoms with Gasteiger partial charge in [0.15, 0.2) is 6.61 Å². The molecule has 0 bridgehead atoms. The molecule has 0 heterocycles. The van der Waals surface area contributed by atoms with Crippen LogP contribution in [-0.4, -0.2) is 31.3 Å². The third-order valence-corrected chi connectivity index (χ3v) is 4.00. The second-order valence-electron chi connectivity index (χ2n) is 6.12. The summed E-state index contributed by atoms with van der Waals surface area (Å²) in [6.07, 6.45) is -0.708. The lowest BCUT2D eigenvalue weighted by molar-refractivity contribution is -0.142. The number of carbonyl (C=O) groups excluding carboxylic acids is 1. The van der Waals surface area contributed by atoms with Crippen LogP contribution in [0.1, 0.15) is 28.4 Å². The van der Waals surface area contributed by atoms with E-state index in [2.05, 4.69) is 10.1 Å². The highest BCUT2D eigenvalue weighted by Crippen LogP contribution is 2.25. The number of nitrogens with one attached hydrogen (secondary N) is 1. The number of rotatable bonds is 8. The molecule has 0 amide bonds. The molecule has 0 aliphatic carbocycles. The molecule has 140 valence electrons. The van der Waals surface area contributed by atoms with Gasteiger partial charge < -0.3 is 19.9 Å². The number of aliphatic hydroxyl groups excluding tert-OH is 1. The Morgan fingerprint density at radius 2 is 1.81 bits per heavy atom. The predicted molar refractivity (Wildman–Crippen MR) is 96.5 cm³/mol. The molecule has 6 heteroatoms. The average Bonchev–Trinajstić information content (AvgIpc) is 2.61. The fourth-order valence-corrected chi connectivity index (χ4v) is 2.72. The molecule has 1 atom stereocenters. The van der Waals surface area contributed by atoms with Crippen LogP contribution in [0.4, 0.5) is 4.39 Å². The number of hydrogen-bond donors (Lipinski definition) is 2. The molecule has 0 aromatic heterocycles. The van der Waals surface area contributed by atoms with E-state index >= 15 is 0 Å². The molecule has 2 rings (SSSR count). The number of halogens is 1. The molecular weight excluding hydrogens is 337 g/mol. The molecule has 2 N–H and O–H groups in total. The van der Waals surface area contributed by atoms with Crippen molar-refractivity contribution < 1.29 is 23.8 Å². The fraction of sp³-hybridized carbons (Fsp3) is 0.350. The summed E-state index contributed by atoms with van der Waals surface area (Å²) < 4.78 is 23.0. The highest BCUT2D eigenvalue weighted by molar-refractivity contribution is 5.71. The van der Waals surface area contributed by atoms with Gasteiger partial charge in [-0.1, -0.05) is 24.3 Å². The number of benzene rings is 2. The molecule has 0 saturated carbocycles. The summed E-state index contributed by atoms with van der Waals surface area (Å²) in [6.45, 7) is 4.62. The first-order valence-electron chi connectivity index (χ1n) is 8.34. The lowest BCUT2D eigenvalue weighted by Crippen LogP contribution is -2.21. The number of aryl methyl sites for hydroxylation is 2. The van der Waals surface area contributed by atoms with Gasteiger partial charge in [-0.25, -0.2) is 9.18 Å². The van der Waals surface area contributed by atoms with Gasteiger partial charge in [-0.2, -0.15) is 0 Å². The molecule has 2 aromatic carbocycles. The topological polar surface area (TPSA) is 67.8 Å². The zero-order valence-corrected chi connectivity index (χ0v) is 15.2. The third-order valence-electron chi connectivity index (χ3n) is 4.00. The summed E-state index contributed by atoms with van der Waals surface area (Å²) >= 11 is 0. The summed E-state index contributed by atoms with van der Waals surface area (Å²) in [5.74, 6) is -0.0795. The predicted octanol–water partition coefficient (Wildman–Crippen LogP) is 2.82. The molecule has 0 spiro atoms. The average molecular weight is 361 g/mol. The minimum absolute atomic E-state index is 0.125. The van der Waals surface area contributed by atoms with Gasteiger partial charge in [0, 0.05) is 13.1 Å². The van der Waals surface area contributed by atoms with Gasteiger partial charge in [-0.3, -0.25) is 0 Å². The molecule has 1 unspecified atom stereocenters. The van der Waals surface area contributed by atoms with Crippen molar-refractivity contribution in [2.45, 2.75) is 26.5 Å². The van der Waals surface area contributed by atoms with Crippen molar-refractivity contribution in [3.63, 3.8) is 0 Å². The van der Waals surface area contributed by atoms with Gasteiger partial charge in [-0.15, -0.1) is 0 Å². The van der Waals surface area contributed by atoms with E-state index in [4.69, 9.17) is 4.74 Å². The molecule has 0 aliphatic rings. The van der Waals surface area contributed by atoms with Gasteiger partial charge >= 0.3 is 5.97 Å². The maximum Gasteiger partial charge on any atom is 0.343 e. The molecule has 0 fully saturated rings. The molecule has 0 saturated heterocycles. The number of esters is 1. The Morgan fingerprint density at radius 1 is 1.19 bits per heavy atom. The van der Waals surface area contributed by atoms with Gasteiger partial charge in [0.1, 0.15) is 11.6 Å². The SMILES string of the molecule is COC(=O)COc1c(C)cc(CNCC(O)c2ccc(F)cc2)cc1C. The molecule has 26 heavy (non-hydrogen) atoms. The van der Waals surface area contributed by atoms with Gasteiger partial charge in [0.05, 0.1) is 13.2 Å². The monoisotopic (exact) mass is 361 g/mol. The summed E-state index contributed by atoms with van der Waals surface area (Å²) in [6, 6.07) is 9.75. The fourth-order valence-electron chi connectivity index (χ4n) is 2.72. The summed E-state index contributed by atoms with van der Waals surface area (Å²) in [5.41, 5.74) is 3.55. The Balaban J connectivity index is 1.91. The Bertz CT molecular complexity index is 723. The second kappa shape index (κ2) is 9.31. The first-order valence-corrected chi connectivity index (χ1v) is 8.34. The van der Waals surface area contributed by atoms with E-state index in [9.17, 15) is 14.3 Å². The van der Waals surface area contributed by atoms with Crippen molar-refractivity contribution in [3.8, 4) is 5.75 Å². The third kappa shape index (κ3) is 5.54. The zero-order chi connectivity index (χ0) is 19.1. The summed E-state index contributed by atoms with van der Waals surface area (Å²) in [4.78, 5) is 11.2. The van der Waals surface area contributed by atoms with E-state index in [1.807, 2.05) is 26.0 Å². The number of aliphatic hydroxyl groups is 1. The van der Waals surface area contributed by atoms with E-state index in [0.29, 0.717) is 24.4 Å². The van der Waals surface area contributed by atoms with Gasteiger partial charge in [0.25, 0.3) is 0 Å². The summed E-state index contributed by atoms with van der Waals surface area (Å²) in [5, 5.41) is 13.3. The van der Waals surface area contributed by atoms with E-state index in [1.165, 1.54) is 19.2 Å². The van der Waals surface area contributed by atoms with Crippen molar-refractivity contribution in [1.29, 1.82) is 0 Å². The number of ether oxygens (including phenoxy) is 2. The lowest BCUT2D eigenvalue weighted by atomic mass is 10.1. The molecular formula is C20H24FNO4. The van der Waals surface area contributed by atoms with Crippen LogP contribution in [0.3, 0.4) is 0 Å². The Morgan fingerprint density at radius 3 is 2.38 bits per heavy atom. The highest BCUT2D eigenvalue weighted by atomic mass is 19.1.